The molecule has 2 atom stereocenters. The van der Waals surface area contributed by atoms with E-state index in [0.717, 1.165) is 4.90 Å². The number of methoxy groups -OCH3 is 1. The van der Waals surface area contributed by atoms with Crippen LogP contribution in [-0.4, -0.2) is 52.8 Å². The van der Waals surface area contributed by atoms with Crippen LogP contribution >= 0.6 is 0 Å². The Hall–Kier alpha value is -4.35. The van der Waals surface area contributed by atoms with Gasteiger partial charge in [0.05, 0.1) is 19.4 Å². The minimum absolute atomic E-state index is 0.0257. The number of benzene rings is 2. The van der Waals surface area contributed by atoms with Gasteiger partial charge in [0.1, 0.15) is 12.4 Å². The predicted molar refractivity (Wildman–Crippen MR) is 114 cm³/mol. The van der Waals surface area contributed by atoms with E-state index in [-0.39, 0.29) is 18.1 Å². The number of aromatic nitrogens is 2. The van der Waals surface area contributed by atoms with Crippen LogP contribution in [0.2, 0.25) is 0 Å². The third kappa shape index (κ3) is 3.62. The molecule has 2 aromatic carbocycles. The van der Waals surface area contributed by atoms with E-state index in [9.17, 15) is 14.0 Å². The normalized spacial score (nSPS) is 19.1. The maximum atomic E-state index is 13.3. The largest absolute Gasteiger partial charge is 0.493 e. The Balaban J connectivity index is 1.34. The Morgan fingerprint density at radius 3 is 2.62 bits per heavy atom. The Morgan fingerprint density at radius 2 is 1.88 bits per heavy atom. The van der Waals surface area contributed by atoms with E-state index in [2.05, 4.69) is 20.5 Å². The number of nitrogens with zero attached hydrogens (tertiary/aromatic N) is 6. The quantitative estimate of drug-likeness (QED) is 0.487. The summed E-state index contributed by atoms with van der Waals surface area (Å²) >= 11 is 0. The third-order valence-electron chi connectivity index (χ3n) is 5.43. The topological polar surface area (TPSA) is 123 Å². The molecule has 0 N–H and O–H groups in total. The highest BCUT2D eigenvalue weighted by Gasteiger charge is 2.55. The Kier molecular flexibility index (Phi) is 5.40. The van der Waals surface area contributed by atoms with Crippen LogP contribution in [0.4, 0.5) is 10.1 Å². The number of hydrogen-bond acceptors (Lipinski definition) is 10. The molecule has 1 saturated heterocycles. The van der Waals surface area contributed by atoms with Crippen LogP contribution in [0.5, 0.6) is 11.5 Å². The van der Waals surface area contributed by atoms with E-state index in [0.29, 0.717) is 29.5 Å². The van der Waals surface area contributed by atoms with Gasteiger partial charge >= 0.3 is 0 Å². The van der Waals surface area contributed by atoms with Crippen molar-refractivity contribution in [3.8, 4) is 22.9 Å². The molecule has 3 aromatic rings. The fraction of sp³-hybridized carbons (Fsp3) is 0.273. The number of halogens is 1. The molecule has 5 rings (SSSR count). The molecule has 1 aromatic heterocycles. The van der Waals surface area contributed by atoms with Gasteiger partial charge in [-0.1, -0.05) is 10.4 Å². The van der Waals surface area contributed by atoms with Crippen molar-refractivity contribution in [2.45, 2.75) is 25.6 Å². The second-order valence-electron chi connectivity index (χ2n) is 7.49. The number of rotatable bonds is 7. The van der Waals surface area contributed by atoms with Crippen molar-refractivity contribution in [3.63, 3.8) is 0 Å². The highest BCUT2D eigenvalue weighted by molar-refractivity contribution is 6.25. The average molecular weight is 466 g/mol. The summed E-state index contributed by atoms with van der Waals surface area (Å²) in [6, 6.07) is 8.40. The molecule has 34 heavy (non-hydrogen) atoms. The fourth-order valence-corrected chi connectivity index (χ4v) is 3.85. The van der Waals surface area contributed by atoms with Crippen molar-refractivity contribution >= 4 is 17.5 Å². The van der Waals surface area contributed by atoms with Crippen molar-refractivity contribution in [2.24, 2.45) is 10.3 Å². The monoisotopic (exact) mass is 466 g/mol. The van der Waals surface area contributed by atoms with E-state index >= 15 is 0 Å². The van der Waals surface area contributed by atoms with Crippen molar-refractivity contribution in [1.82, 2.24) is 15.1 Å². The summed E-state index contributed by atoms with van der Waals surface area (Å²) in [6.45, 7) is 2.34. The molecule has 0 saturated carbocycles. The molecule has 1 fully saturated rings. The van der Waals surface area contributed by atoms with Gasteiger partial charge in [0.15, 0.2) is 23.6 Å². The molecule has 2 amide bonds. The van der Waals surface area contributed by atoms with Crippen LogP contribution in [0.25, 0.3) is 11.4 Å². The zero-order valence-electron chi connectivity index (χ0n) is 18.2. The van der Waals surface area contributed by atoms with Gasteiger partial charge in [-0.3, -0.25) is 14.6 Å². The van der Waals surface area contributed by atoms with Gasteiger partial charge in [0.25, 0.3) is 11.8 Å². The first kappa shape index (κ1) is 21.5. The number of fused-ring (bicyclic) bond motifs is 1. The molecule has 0 unspecified atom stereocenters. The molecule has 2 aliphatic heterocycles. The first-order chi connectivity index (χ1) is 16.5. The summed E-state index contributed by atoms with van der Waals surface area (Å²) in [5, 5.41) is 13.3. The SMILES string of the molecule is CCOc1ccc(-c2noc(CN3N=N[C@H]4C(=O)N(c5ccc(F)cc5)C(=O)[C@@H]43)n2)cc1OC. The lowest BCUT2D eigenvalue weighted by Gasteiger charge is -2.19. The van der Waals surface area contributed by atoms with Crippen LogP contribution in [0.3, 0.4) is 0 Å². The highest BCUT2D eigenvalue weighted by Crippen LogP contribution is 2.34. The summed E-state index contributed by atoms with van der Waals surface area (Å²) in [5.41, 5.74) is 0.913. The smallest absolute Gasteiger partial charge is 0.263 e. The zero-order chi connectivity index (χ0) is 23.8. The zero-order valence-corrected chi connectivity index (χ0v) is 18.2. The van der Waals surface area contributed by atoms with Crippen LogP contribution in [0.15, 0.2) is 57.3 Å². The van der Waals surface area contributed by atoms with Crippen LogP contribution in [-0.2, 0) is 16.1 Å². The summed E-state index contributed by atoms with van der Waals surface area (Å²) in [6.07, 6.45) is 0. The van der Waals surface area contributed by atoms with E-state index in [1.165, 1.54) is 36.4 Å². The number of anilines is 1. The van der Waals surface area contributed by atoms with E-state index in [1.807, 2.05) is 6.92 Å². The van der Waals surface area contributed by atoms with Crippen LogP contribution in [0, 0.1) is 5.82 Å². The standard InChI is InChI=1S/C22H19FN6O5/c1-3-33-15-9-4-12(10-16(15)32-2)20-24-17(34-26-20)11-28-19-18(25-27-28)21(30)29(22(19)31)14-7-5-13(23)6-8-14/h4-10,18-19H,3,11H2,1-2H3/t18-,19-/m1/s1. The van der Waals surface area contributed by atoms with E-state index in [1.54, 1.807) is 18.2 Å². The van der Waals surface area contributed by atoms with Crippen LogP contribution < -0.4 is 14.4 Å². The minimum Gasteiger partial charge on any atom is -0.493 e. The van der Waals surface area contributed by atoms with Gasteiger partial charge in [0, 0.05) is 5.56 Å². The van der Waals surface area contributed by atoms with Crippen molar-refractivity contribution in [3.05, 3.63) is 54.2 Å². The van der Waals surface area contributed by atoms with Gasteiger partial charge in [-0.15, -0.1) is 0 Å². The maximum Gasteiger partial charge on any atom is 0.263 e. The summed E-state index contributed by atoms with van der Waals surface area (Å²) in [7, 11) is 1.53. The van der Waals surface area contributed by atoms with Gasteiger partial charge in [-0.05, 0) is 49.4 Å². The first-order valence-electron chi connectivity index (χ1n) is 10.4. The second kappa shape index (κ2) is 8.54. The summed E-state index contributed by atoms with van der Waals surface area (Å²) in [5.74, 6) is 0.104. The number of carbonyl (C=O) groups is 2. The molecule has 2 aliphatic rings. The molecule has 12 heteroatoms. The van der Waals surface area contributed by atoms with E-state index < -0.39 is 29.7 Å². The van der Waals surface area contributed by atoms with Crippen molar-refractivity contribution in [2.75, 3.05) is 18.6 Å². The van der Waals surface area contributed by atoms with E-state index in [4.69, 9.17) is 14.0 Å². The summed E-state index contributed by atoms with van der Waals surface area (Å²) in [4.78, 5) is 31.1. The van der Waals surface area contributed by atoms with Gasteiger partial charge in [0.2, 0.25) is 11.7 Å². The van der Waals surface area contributed by atoms with Crippen molar-refractivity contribution in [1.29, 1.82) is 0 Å². The lowest BCUT2D eigenvalue weighted by Crippen LogP contribution is -2.39. The third-order valence-corrected chi connectivity index (χ3v) is 5.43. The lowest BCUT2D eigenvalue weighted by atomic mass is 10.1. The second-order valence-corrected chi connectivity index (χ2v) is 7.49. The Bertz CT molecular complexity index is 1280. The summed E-state index contributed by atoms with van der Waals surface area (Å²) < 4.78 is 29.5. The van der Waals surface area contributed by atoms with Crippen molar-refractivity contribution < 1.29 is 28.0 Å². The highest BCUT2D eigenvalue weighted by atomic mass is 19.1. The molecular formula is C22H19FN6O5. The molecule has 0 aliphatic carbocycles. The molecular weight excluding hydrogens is 447 g/mol. The number of imide groups is 1. The molecule has 3 heterocycles. The average Bonchev–Trinajstić information content (AvgIpc) is 3.53. The molecule has 174 valence electrons. The van der Waals surface area contributed by atoms with Crippen LogP contribution in [0.1, 0.15) is 12.8 Å². The van der Waals surface area contributed by atoms with Gasteiger partial charge < -0.3 is 14.0 Å². The minimum atomic E-state index is -0.990. The first-order valence-corrected chi connectivity index (χ1v) is 10.4. The number of amides is 2. The number of hydrogen-bond donors (Lipinski definition) is 0. The fourth-order valence-electron chi connectivity index (χ4n) is 3.85. The number of carbonyl (C=O) groups excluding carboxylic acids is 2. The maximum absolute atomic E-state index is 13.3. The molecule has 0 spiro atoms. The number of ether oxygens (including phenoxy) is 2. The molecule has 11 nitrogen and oxygen atoms in total. The predicted octanol–water partition coefficient (Wildman–Crippen LogP) is 2.78. The lowest BCUT2D eigenvalue weighted by molar-refractivity contribution is -0.123. The molecule has 0 radical (unpaired) electrons. The van der Waals surface area contributed by atoms with Gasteiger partial charge in [-0.25, -0.2) is 9.29 Å². The Morgan fingerprint density at radius 1 is 1.09 bits per heavy atom. The molecule has 0 bridgehead atoms. The Labute approximate surface area is 192 Å². The van der Waals surface area contributed by atoms with Gasteiger partial charge in [-0.2, -0.15) is 10.1 Å².